The Bertz CT molecular complexity index is 1030. The van der Waals surface area contributed by atoms with Crippen LogP contribution in [-0.2, 0) is 14.8 Å². The molecule has 0 radical (unpaired) electrons. The minimum absolute atomic E-state index is 0.0678. The van der Waals surface area contributed by atoms with Crippen molar-refractivity contribution in [3.05, 3.63) is 63.6 Å². The number of rotatable bonds is 5. The molecular formula is C20H20BrClN2O4S. The Morgan fingerprint density at radius 1 is 1.14 bits per heavy atom. The maximum atomic E-state index is 12.9. The first-order chi connectivity index (χ1) is 13.8. The van der Waals surface area contributed by atoms with Crippen LogP contribution in [0, 0.1) is 0 Å². The maximum Gasteiger partial charge on any atom is 0.246 e. The average Bonchev–Trinajstić information content (AvgIpc) is 2.72. The van der Waals surface area contributed by atoms with Crippen LogP contribution in [0.2, 0.25) is 5.02 Å². The number of benzene rings is 2. The van der Waals surface area contributed by atoms with Crippen LogP contribution < -0.4 is 4.74 Å². The molecule has 0 aromatic heterocycles. The van der Waals surface area contributed by atoms with Crippen molar-refractivity contribution in [2.24, 2.45) is 0 Å². The van der Waals surface area contributed by atoms with Gasteiger partial charge in [-0.25, -0.2) is 8.42 Å². The van der Waals surface area contributed by atoms with Crippen LogP contribution >= 0.6 is 27.5 Å². The standard InChI is InChI=1S/C20H20BrClN2O4S/c1-28-18-5-3-2-4-15(18)6-9-20(25)23-10-12-24(13-11-23)29(26,27)19-8-7-16(21)14-17(19)22/h2-9,14H,10-13H2,1H3/b9-6+. The molecule has 1 aliphatic rings. The number of ether oxygens (including phenoxy) is 1. The molecule has 1 aliphatic heterocycles. The van der Waals surface area contributed by atoms with Gasteiger partial charge in [-0.2, -0.15) is 4.31 Å². The zero-order chi connectivity index (χ0) is 21.0. The summed E-state index contributed by atoms with van der Waals surface area (Å²) in [7, 11) is -2.14. The summed E-state index contributed by atoms with van der Waals surface area (Å²) in [5, 5.41) is 0.164. The predicted octanol–water partition coefficient (Wildman–Crippen LogP) is 3.66. The van der Waals surface area contributed by atoms with Crippen molar-refractivity contribution >= 4 is 49.5 Å². The summed E-state index contributed by atoms with van der Waals surface area (Å²) in [4.78, 5) is 14.2. The number of amides is 1. The number of carbonyl (C=O) groups is 1. The summed E-state index contributed by atoms with van der Waals surface area (Å²) in [6.07, 6.45) is 3.18. The van der Waals surface area contributed by atoms with E-state index < -0.39 is 10.0 Å². The van der Waals surface area contributed by atoms with E-state index in [2.05, 4.69) is 15.9 Å². The van der Waals surface area contributed by atoms with Gasteiger partial charge >= 0.3 is 0 Å². The lowest BCUT2D eigenvalue weighted by atomic mass is 10.2. The highest BCUT2D eigenvalue weighted by molar-refractivity contribution is 9.10. The topological polar surface area (TPSA) is 66.9 Å². The van der Waals surface area contributed by atoms with Crippen LogP contribution in [-0.4, -0.2) is 56.8 Å². The van der Waals surface area contributed by atoms with E-state index >= 15 is 0 Å². The van der Waals surface area contributed by atoms with Gasteiger partial charge in [0.2, 0.25) is 15.9 Å². The lowest BCUT2D eigenvalue weighted by molar-refractivity contribution is -0.127. The summed E-state index contributed by atoms with van der Waals surface area (Å²) in [5.41, 5.74) is 0.800. The molecular weight excluding hydrogens is 480 g/mol. The van der Waals surface area contributed by atoms with E-state index in [9.17, 15) is 13.2 Å². The van der Waals surface area contributed by atoms with Crippen molar-refractivity contribution in [2.75, 3.05) is 33.3 Å². The van der Waals surface area contributed by atoms with Crippen molar-refractivity contribution in [3.63, 3.8) is 0 Å². The van der Waals surface area contributed by atoms with E-state index in [0.717, 1.165) is 5.56 Å². The molecule has 9 heteroatoms. The first-order valence-electron chi connectivity index (χ1n) is 8.88. The van der Waals surface area contributed by atoms with Gasteiger partial charge in [0.1, 0.15) is 10.6 Å². The molecule has 1 heterocycles. The number of hydrogen-bond donors (Lipinski definition) is 0. The van der Waals surface area contributed by atoms with Gasteiger partial charge in [0.05, 0.1) is 12.1 Å². The van der Waals surface area contributed by atoms with Gasteiger partial charge in [-0.05, 0) is 30.3 Å². The first-order valence-corrected chi connectivity index (χ1v) is 11.5. The lowest BCUT2D eigenvalue weighted by Gasteiger charge is -2.33. The molecule has 6 nitrogen and oxygen atoms in total. The smallest absolute Gasteiger partial charge is 0.246 e. The Hall–Kier alpha value is -1.87. The molecule has 0 atom stereocenters. The predicted molar refractivity (Wildman–Crippen MR) is 117 cm³/mol. The first kappa shape index (κ1) is 21.8. The van der Waals surface area contributed by atoms with Gasteiger partial charge in [0.25, 0.3) is 0 Å². The van der Waals surface area contributed by atoms with Crippen LogP contribution in [0.5, 0.6) is 5.75 Å². The molecule has 0 saturated carbocycles. The van der Waals surface area contributed by atoms with Gasteiger partial charge in [-0.15, -0.1) is 0 Å². The van der Waals surface area contributed by atoms with Gasteiger partial charge in [0.15, 0.2) is 0 Å². The van der Waals surface area contributed by atoms with Crippen LogP contribution in [0.25, 0.3) is 6.08 Å². The minimum Gasteiger partial charge on any atom is -0.496 e. The van der Waals surface area contributed by atoms with Gasteiger partial charge < -0.3 is 9.64 Å². The summed E-state index contributed by atoms with van der Waals surface area (Å²) >= 11 is 9.39. The van der Waals surface area contributed by atoms with Crippen molar-refractivity contribution < 1.29 is 17.9 Å². The van der Waals surface area contributed by atoms with E-state index in [0.29, 0.717) is 23.3 Å². The highest BCUT2D eigenvalue weighted by Gasteiger charge is 2.31. The molecule has 1 amide bonds. The van der Waals surface area contributed by atoms with E-state index in [-0.39, 0.29) is 28.9 Å². The van der Waals surface area contributed by atoms with Crippen LogP contribution in [0.15, 0.2) is 57.9 Å². The molecule has 2 aromatic rings. The number of nitrogens with zero attached hydrogens (tertiary/aromatic N) is 2. The molecule has 0 unspecified atom stereocenters. The Labute approximate surface area is 183 Å². The Balaban J connectivity index is 1.65. The third-order valence-electron chi connectivity index (χ3n) is 4.61. The van der Waals surface area contributed by atoms with Crippen molar-refractivity contribution in [1.29, 1.82) is 0 Å². The molecule has 154 valence electrons. The van der Waals surface area contributed by atoms with Crippen molar-refractivity contribution in [3.8, 4) is 5.75 Å². The third-order valence-corrected chi connectivity index (χ3v) is 7.48. The largest absolute Gasteiger partial charge is 0.496 e. The molecule has 2 aromatic carbocycles. The van der Waals surface area contributed by atoms with Crippen LogP contribution in [0.3, 0.4) is 0 Å². The SMILES string of the molecule is COc1ccccc1/C=C/C(=O)N1CCN(S(=O)(=O)c2ccc(Br)cc2Cl)CC1. The van der Waals surface area contributed by atoms with E-state index in [1.54, 1.807) is 30.2 Å². The fraction of sp³-hybridized carbons (Fsp3) is 0.250. The molecule has 3 rings (SSSR count). The van der Waals surface area contributed by atoms with E-state index in [1.165, 1.54) is 16.4 Å². The van der Waals surface area contributed by atoms with Gasteiger partial charge in [0, 0.05) is 42.3 Å². The number of methoxy groups -OCH3 is 1. The van der Waals surface area contributed by atoms with E-state index in [4.69, 9.17) is 16.3 Å². The Morgan fingerprint density at radius 2 is 1.83 bits per heavy atom. The molecule has 0 aliphatic carbocycles. The van der Waals surface area contributed by atoms with Crippen LogP contribution in [0.4, 0.5) is 0 Å². The van der Waals surface area contributed by atoms with Gasteiger partial charge in [-0.1, -0.05) is 45.7 Å². The number of piperazine rings is 1. The van der Waals surface area contributed by atoms with Crippen molar-refractivity contribution in [2.45, 2.75) is 4.90 Å². The monoisotopic (exact) mass is 498 g/mol. The quantitative estimate of drug-likeness (QED) is 0.589. The second-order valence-corrected chi connectivity index (χ2v) is 9.61. The second kappa shape index (κ2) is 9.30. The number of carbonyl (C=O) groups excluding carboxylic acids is 1. The molecule has 1 saturated heterocycles. The number of sulfonamides is 1. The Kier molecular flexibility index (Phi) is 7.00. The third kappa shape index (κ3) is 5.01. The maximum absolute atomic E-state index is 12.9. The fourth-order valence-corrected chi connectivity index (χ4v) is 5.48. The highest BCUT2D eigenvalue weighted by Crippen LogP contribution is 2.28. The average molecular weight is 500 g/mol. The minimum atomic E-state index is -3.71. The number of hydrogen-bond acceptors (Lipinski definition) is 4. The molecule has 29 heavy (non-hydrogen) atoms. The molecule has 0 bridgehead atoms. The van der Waals surface area contributed by atoms with Crippen LogP contribution in [0.1, 0.15) is 5.56 Å². The second-order valence-electron chi connectivity index (χ2n) is 6.38. The van der Waals surface area contributed by atoms with Gasteiger partial charge in [-0.3, -0.25) is 4.79 Å². The zero-order valence-corrected chi connectivity index (χ0v) is 18.9. The lowest BCUT2D eigenvalue weighted by Crippen LogP contribution is -2.50. The van der Waals surface area contributed by atoms with Crippen molar-refractivity contribution in [1.82, 2.24) is 9.21 Å². The molecule has 0 spiro atoms. The molecule has 1 fully saturated rings. The summed E-state index contributed by atoms with van der Waals surface area (Å²) < 4.78 is 33.1. The molecule has 0 N–H and O–H groups in total. The fourth-order valence-electron chi connectivity index (χ4n) is 3.04. The summed E-state index contributed by atoms with van der Waals surface area (Å²) in [6, 6.07) is 12.1. The normalized spacial score (nSPS) is 15.6. The van der Waals surface area contributed by atoms with E-state index in [1.807, 2.05) is 24.3 Å². The Morgan fingerprint density at radius 3 is 2.48 bits per heavy atom. The number of halogens is 2. The zero-order valence-electron chi connectivity index (χ0n) is 15.7. The number of para-hydroxylation sites is 1. The summed E-state index contributed by atoms with van der Waals surface area (Å²) in [6.45, 7) is 1.04. The highest BCUT2D eigenvalue weighted by atomic mass is 79.9. The summed E-state index contributed by atoms with van der Waals surface area (Å²) in [5.74, 6) is 0.508.